The largest absolute Gasteiger partial charge is 0.444 e. The molecule has 34 heavy (non-hydrogen) atoms. The molecule has 180 valence electrons. The number of piperazine rings is 1. The van der Waals surface area contributed by atoms with E-state index >= 15 is 0 Å². The van der Waals surface area contributed by atoms with Gasteiger partial charge in [0.1, 0.15) is 11.4 Å². The summed E-state index contributed by atoms with van der Waals surface area (Å²) in [6.45, 7) is 7.17. The highest BCUT2D eigenvalue weighted by atomic mass is 19.1. The molecule has 0 spiro atoms. The van der Waals surface area contributed by atoms with E-state index in [1.165, 1.54) is 42.5 Å². The van der Waals surface area contributed by atoms with Crippen LogP contribution in [0, 0.1) is 15.9 Å². The van der Waals surface area contributed by atoms with Gasteiger partial charge in [0.05, 0.1) is 10.6 Å². The SMILES string of the molecule is CC(C)(C)OC(=O)N1CCN(c2ccc(NC(=O)/C=C/c3ccc([N+](=O)[O-])cc3)cc2F)CC1. The van der Waals surface area contributed by atoms with E-state index in [2.05, 4.69) is 5.32 Å². The Labute approximate surface area is 196 Å². The molecule has 2 aromatic rings. The number of amides is 2. The van der Waals surface area contributed by atoms with Crippen LogP contribution in [0.5, 0.6) is 0 Å². The minimum Gasteiger partial charge on any atom is -0.444 e. The topological polar surface area (TPSA) is 105 Å². The zero-order valence-electron chi connectivity index (χ0n) is 19.3. The smallest absolute Gasteiger partial charge is 0.410 e. The molecule has 0 atom stereocenters. The monoisotopic (exact) mass is 470 g/mol. The molecule has 3 rings (SSSR count). The summed E-state index contributed by atoms with van der Waals surface area (Å²) < 4.78 is 20.1. The van der Waals surface area contributed by atoms with E-state index in [0.29, 0.717) is 43.1 Å². The van der Waals surface area contributed by atoms with Crippen molar-refractivity contribution in [3.8, 4) is 0 Å². The van der Waals surface area contributed by atoms with Crippen LogP contribution in [0.2, 0.25) is 0 Å². The van der Waals surface area contributed by atoms with Crippen molar-refractivity contribution in [1.29, 1.82) is 0 Å². The second-order valence-corrected chi connectivity index (χ2v) is 8.79. The molecule has 0 aromatic heterocycles. The van der Waals surface area contributed by atoms with Gasteiger partial charge in [-0.1, -0.05) is 0 Å². The lowest BCUT2D eigenvalue weighted by molar-refractivity contribution is -0.384. The third-order valence-corrected chi connectivity index (χ3v) is 5.02. The number of nitrogens with one attached hydrogen (secondary N) is 1. The minimum atomic E-state index is -0.572. The van der Waals surface area contributed by atoms with Crippen molar-refractivity contribution in [3.63, 3.8) is 0 Å². The Morgan fingerprint density at radius 1 is 1.09 bits per heavy atom. The van der Waals surface area contributed by atoms with Gasteiger partial charge in [-0.25, -0.2) is 9.18 Å². The molecule has 0 saturated carbocycles. The van der Waals surface area contributed by atoms with Crippen molar-refractivity contribution in [2.45, 2.75) is 26.4 Å². The Kier molecular flexibility index (Phi) is 7.50. The van der Waals surface area contributed by atoms with Crippen LogP contribution in [-0.2, 0) is 9.53 Å². The first-order valence-electron chi connectivity index (χ1n) is 10.8. The van der Waals surface area contributed by atoms with Crippen molar-refractivity contribution in [3.05, 3.63) is 70.0 Å². The summed E-state index contributed by atoms with van der Waals surface area (Å²) in [5.74, 6) is -0.945. The first-order chi connectivity index (χ1) is 16.0. The Morgan fingerprint density at radius 3 is 2.29 bits per heavy atom. The molecule has 2 amide bonds. The quantitative estimate of drug-likeness (QED) is 0.393. The number of carbonyl (C=O) groups excluding carboxylic acids is 2. The van der Waals surface area contributed by atoms with E-state index in [9.17, 15) is 24.1 Å². The number of non-ortho nitro benzene ring substituents is 1. The molecule has 1 heterocycles. The van der Waals surface area contributed by atoms with Crippen LogP contribution < -0.4 is 10.2 Å². The molecule has 1 saturated heterocycles. The highest BCUT2D eigenvalue weighted by Gasteiger charge is 2.26. The molecule has 1 aliphatic heterocycles. The maximum Gasteiger partial charge on any atom is 0.410 e. The number of carbonyl (C=O) groups is 2. The summed E-state index contributed by atoms with van der Waals surface area (Å²) in [7, 11) is 0. The first kappa shape index (κ1) is 24.7. The Hall–Kier alpha value is -3.95. The molecular weight excluding hydrogens is 443 g/mol. The number of hydrogen-bond acceptors (Lipinski definition) is 6. The third kappa shape index (κ3) is 6.77. The average molecular weight is 471 g/mol. The molecule has 1 fully saturated rings. The number of ether oxygens (including phenoxy) is 1. The Balaban J connectivity index is 1.55. The van der Waals surface area contributed by atoms with E-state index in [1.54, 1.807) is 17.0 Å². The number of hydrogen-bond donors (Lipinski definition) is 1. The second kappa shape index (κ2) is 10.3. The van der Waals surface area contributed by atoms with Crippen molar-refractivity contribution in [2.24, 2.45) is 0 Å². The number of nitro groups is 1. The normalized spacial score (nSPS) is 14.2. The predicted molar refractivity (Wildman–Crippen MR) is 127 cm³/mol. The lowest BCUT2D eigenvalue weighted by Crippen LogP contribution is -2.50. The van der Waals surface area contributed by atoms with Crippen LogP contribution in [0.3, 0.4) is 0 Å². The van der Waals surface area contributed by atoms with Crippen molar-refractivity contribution >= 4 is 35.1 Å². The lowest BCUT2D eigenvalue weighted by Gasteiger charge is -2.36. The first-order valence-corrected chi connectivity index (χ1v) is 10.8. The summed E-state index contributed by atoms with van der Waals surface area (Å²) in [6, 6.07) is 10.2. The van der Waals surface area contributed by atoms with E-state index in [0.717, 1.165) is 0 Å². The van der Waals surface area contributed by atoms with Crippen LogP contribution in [-0.4, -0.2) is 53.6 Å². The fourth-order valence-corrected chi connectivity index (χ4v) is 3.36. The standard InChI is InChI=1S/C24H27FN4O5/c1-24(2,3)34-23(31)28-14-12-27(13-15-28)21-10-7-18(16-20(21)25)26-22(30)11-6-17-4-8-19(9-5-17)29(32)33/h4-11,16H,12-15H2,1-3H3,(H,26,30)/b11-6+. The summed E-state index contributed by atoms with van der Waals surface area (Å²) in [6.07, 6.45) is 2.39. The molecular formula is C24H27FN4O5. The van der Waals surface area contributed by atoms with Gasteiger partial charge in [0.25, 0.3) is 5.69 Å². The van der Waals surface area contributed by atoms with E-state index in [-0.39, 0.29) is 11.8 Å². The van der Waals surface area contributed by atoms with E-state index in [1.807, 2.05) is 25.7 Å². The Morgan fingerprint density at radius 2 is 1.74 bits per heavy atom. The predicted octanol–water partition coefficient (Wildman–Crippen LogP) is 4.44. The molecule has 1 aliphatic rings. The number of anilines is 2. The van der Waals surface area contributed by atoms with Crippen molar-refractivity contribution in [2.75, 3.05) is 36.4 Å². The number of halogens is 1. The maximum absolute atomic E-state index is 14.7. The van der Waals surface area contributed by atoms with Crippen LogP contribution in [0.1, 0.15) is 26.3 Å². The van der Waals surface area contributed by atoms with Gasteiger partial charge >= 0.3 is 6.09 Å². The number of nitrogens with zero attached hydrogens (tertiary/aromatic N) is 3. The van der Waals surface area contributed by atoms with Gasteiger partial charge in [0, 0.05) is 50.1 Å². The van der Waals surface area contributed by atoms with Gasteiger partial charge in [0.15, 0.2) is 0 Å². The Bertz CT molecular complexity index is 1090. The third-order valence-electron chi connectivity index (χ3n) is 5.02. The van der Waals surface area contributed by atoms with Gasteiger partial charge in [-0.05, 0) is 62.7 Å². The van der Waals surface area contributed by atoms with Crippen molar-refractivity contribution in [1.82, 2.24) is 4.90 Å². The minimum absolute atomic E-state index is 0.0385. The van der Waals surface area contributed by atoms with E-state index < -0.39 is 22.2 Å². The molecule has 10 heteroatoms. The zero-order valence-corrected chi connectivity index (χ0v) is 19.3. The molecule has 2 aromatic carbocycles. The molecule has 9 nitrogen and oxygen atoms in total. The van der Waals surface area contributed by atoms with Crippen LogP contribution >= 0.6 is 0 Å². The molecule has 0 radical (unpaired) electrons. The lowest BCUT2D eigenvalue weighted by atomic mass is 10.2. The fourth-order valence-electron chi connectivity index (χ4n) is 3.36. The fraction of sp³-hybridized carbons (Fsp3) is 0.333. The molecule has 1 N–H and O–H groups in total. The van der Waals surface area contributed by atoms with Crippen LogP contribution in [0.15, 0.2) is 48.5 Å². The van der Waals surface area contributed by atoms with Gasteiger partial charge in [-0.3, -0.25) is 14.9 Å². The maximum atomic E-state index is 14.7. The highest BCUT2D eigenvalue weighted by molar-refractivity contribution is 6.02. The van der Waals surface area contributed by atoms with Gasteiger partial charge in [0.2, 0.25) is 5.91 Å². The summed E-state index contributed by atoms with van der Waals surface area (Å²) >= 11 is 0. The number of nitro benzene ring substituents is 1. The van der Waals surface area contributed by atoms with Gasteiger partial charge in [-0.15, -0.1) is 0 Å². The number of benzene rings is 2. The second-order valence-electron chi connectivity index (χ2n) is 8.79. The van der Waals surface area contributed by atoms with Crippen molar-refractivity contribution < 1.29 is 23.6 Å². The van der Waals surface area contributed by atoms with Gasteiger partial charge in [-0.2, -0.15) is 0 Å². The summed E-state index contributed by atoms with van der Waals surface area (Å²) in [4.78, 5) is 38.0. The van der Waals surface area contributed by atoms with Crippen LogP contribution in [0.4, 0.5) is 26.2 Å². The van der Waals surface area contributed by atoms with E-state index in [4.69, 9.17) is 4.74 Å². The van der Waals surface area contributed by atoms with Gasteiger partial charge < -0.3 is 19.9 Å². The molecule has 0 unspecified atom stereocenters. The number of rotatable bonds is 5. The molecule has 0 bridgehead atoms. The molecule has 0 aliphatic carbocycles. The highest BCUT2D eigenvalue weighted by Crippen LogP contribution is 2.25. The average Bonchev–Trinajstić information content (AvgIpc) is 2.77. The summed E-state index contributed by atoms with van der Waals surface area (Å²) in [5.41, 5.74) is 0.698. The van der Waals surface area contributed by atoms with Crippen LogP contribution in [0.25, 0.3) is 6.08 Å². The summed E-state index contributed by atoms with van der Waals surface area (Å²) in [5, 5.41) is 13.3. The zero-order chi connectivity index (χ0) is 24.9.